The van der Waals surface area contributed by atoms with Crippen molar-refractivity contribution in [2.75, 3.05) is 10.6 Å². The average molecular weight is 346 g/mol. The molecule has 0 heterocycles. The first-order valence-corrected chi connectivity index (χ1v) is 7.99. The lowest BCUT2D eigenvalue weighted by Crippen LogP contribution is -2.27. The predicted molar refractivity (Wildman–Crippen MR) is 95.9 cm³/mol. The minimum absolute atomic E-state index is 0.0132. The van der Waals surface area contributed by atoms with Crippen molar-refractivity contribution in [1.82, 2.24) is 0 Å². The van der Waals surface area contributed by atoms with E-state index in [1.807, 2.05) is 24.3 Å². The highest BCUT2D eigenvalue weighted by Gasteiger charge is 2.16. The van der Waals surface area contributed by atoms with E-state index < -0.39 is 17.5 Å². The molecule has 0 unspecified atom stereocenters. The first-order valence-electron chi connectivity index (χ1n) is 7.99. The quantitative estimate of drug-likeness (QED) is 0.756. The van der Waals surface area contributed by atoms with Crippen LogP contribution in [0.15, 0.2) is 42.5 Å². The number of nitrogens with one attached hydrogen (secondary N) is 2. The first kappa shape index (κ1) is 18.7. The van der Waals surface area contributed by atoms with Gasteiger partial charge in [0.1, 0.15) is 11.4 Å². The Morgan fingerprint density at radius 3 is 2.36 bits per heavy atom. The second-order valence-corrected chi connectivity index (χ2v) is 6.65. The molecule has 2 rings (SSSR count). The number of hydrogen-bond acceptors (Lipinski definition) is 4. The SMILES string of the molecule is CC(C)(C)OC(=O)Nc1ccc(F)c(NCc2ccc(CO)cc2)c1. The molecule has 6 heteroatoms. The normalized spacial score (nSPS) is 11.1. The zero-order chi connectivity index (χ0) is 18.4. The van der Waals surface area contributed by atoms with Gasteiger partial charge in [-0.1, -0.05) is 24.3 Å². The van der Waals surface area contributed by atoms with Gasteiger partial charge in [0.2, 0.25) is 0 Å². The molecule has 5 nitrogen and oxygen atoms in total. The van der Waals surface area contributed by atoms with Crippen molar-refractivity contribution in [2.24, 2.45) is 0 Å². The fourth-order valence-corrected chi connectivity index (χ4v) is 2.12. The number of amides is 1. The molecular weight excluding hydrogens is 323 g/mol. The first-order chi connectivity index (χ1) is 11.8. The third-order valence-electron chi connectivity index (χ3n) is 3.30. The Hall–Kier alpha value is -2.60. The Labute approximate surface area is 146 Å². The molecule has 0 fully saturated rings. The summed E-state index contributed by atoms with van der Waals surface area (Å²) >= 11 is 0. The highest BCUT2D eigenvalue weighted by atomic mass is 19.1. The van der Waals surface area contributed by atoms with Crippen LogP contribution in [0.4, 0.5) is 20.6 Å². The van der Waals surface area contributed by atoms with Crippen LogP contribution in [0.5, 0.6) is 0 Å². The van der Waals surface area contributed by atoms with Crippen molar-refractivity contribution in [1.29, 1.82) is 0 Å². The molecule has 0 saturated carbocycles. The lowest BCUT2D eigenvalue weighted by atomic mass is 10.1. The molecule has 1 amide bonds. The van der Waals surface area contributed by atoms with Gasteiger partial charge < -0.3 is 15.2 Å². The summed E-state index contributed by atoms with van der Waals surface area (Å²) < 4.78 is 19.1. The topological polar surface area (TPSA) is 70.6 Å². The Morgan fingerprint density at radius 1 is 1.12 bits per heavy atom. The summed E-state index contributed by atoms with van der Waals surface area (Å²) in [6.45, 7) is 5.71. The van der Waals surface area contributed by atoms with Gasteiger partial charge in [0.25, 0.3) is 0 Å². The summed E-state index contributed by atoms with van der Waals surface area (Å²) in [5.74, 6) is -0.415. The van der Waals surface area contributed by atoms with Gasteiger partial charge in [0, 0.05) is 12.2 Å². The monoisotopic (exact) mass is 346 g/mol. The summed E-state index contributed by atoms with van der Waals surface area (Å²) in [4.78, 5) is 11.8. The molecule has 0 aromatic heterocycles. The molecule has 0 aliphatic heterocycles. The van der Waals surface area contributed by atoms with Gasteiger partial charge in [-0.25, -0.2) is 9.18 Å². The van der Waals surface area contributed by atoms with Gasteiger partial charge >= 0.3 is 6.09 Å². The smallest absolute Gasteiger partial charge is 0.412 e. The largest absolute Gasteiger partial charge is 0.444 e. The number of halogens is 1. The number of rotatable bonds is 5. The van der Waals surface area contributed by atoms with Crippen molar-refractivity contribution >= 4 is 17.5 Å². The van der Waals surface area contributed by atoms with Crippen LogP contribution in [0.3, 0.4) is 0 Å². The number of ether oxygens (including phenoxy) is 1. The van der Waals surface area contributed by atoms with Crippen LogP contribution < -0.4 is 10.6 Å². The lowest BCUT2D eigenvalue weighted by Gasteiger charge is -2.20. The molecule has 0 radical (unpaired) electrons. The van der Waals surface area contributed by atoms with Gasteiger partial charge in [0.15, 0.2) is 0 Å². The summed E-state index contributed by atoms with van der Waals surface area (Å²) in [7, 11) is 0. The number of carbonyl (C=O) groups excluding carboxylic acids is 1. The van der Waals surface area contributed by atoms with Crippen LogP contribution >= 0.6 is 0 Å². The van der Waals surface area contributed by atoms with Crippen LogP contribution in [0, 0.1) is 5.82 Å². The van der Waals surface area contributed by atoms with E-state index in [9.17, 15) is 9.18 Å². The average Bonchev–Trinajstić information content (AvgIpc) is 2.54. The minimum Gasteiger partial charge on any atom is -0.444 e. The third kappa shape index (κ3) is 6.08. The summed E-state index contributed by atoms with van der Waals surface area (Å²) in [5.41, 5.74) is 1.88. The van der Waals surface area contributed by atoms with E-state index in [1.165, 1.54) is 18.2 Å². The Balaban J connectivity index is 2.01. The van der Waals surface area contributed by atoms with Crippen LogP contribution in [0.1, 0.15) is 31.9 Å². The standard InChI is InChI=1S/C19H23FN2O3/c1-19(2,3)25-18(24)22-15-8-9-16(20)17(10-15)21-11-13-4-6-14(12-23)7-5-13/h4-10,21,23H,11-12H2,1-3H3,(H,22,24). The van der Waals surface area contributed by atoms with Crippen LogP contribution in [0.25, 0.3) is 0 Å². The van der Waals surface area contributed by atoms with E-state index in [0.29, 0.717) is 12.2 Å². The van der Waals surface area contributed by atoms with Crippen LogP contribution in [-0.2, 0) is 17.9 Å². The molecule has 25 heavy (non-hydrogen) atoms. The number of carbonyl (C=O) groups is 1. The van der Waals surface area contributed by atoms with Crippen LogP contribution in [0.2, 0.25) is 0 Å². The fraction of sp³-hybridized carbons (Fsp3) is 0.316. The molecule has 134 valence electrons. The number of hydrogen-bond donors (Lipinski definition) is 3. The lowest BCUT2D eigenvalue weighted by molar-refractivity contribution is 0.0636. The maximum atomic E-state index is 14.0. The Bertz CT molecular complexity index is 724. The summed E-state index contributed by atoms with van der Waals surface area (Å²) in [6, 6.07) is 11.6. The Kier molecular flexibility index (Phi) is 5.98. The zero-order valence-corrected chi connectivity index (χ0v) is 14.6. The van der Waals surface area contributed by atoms with Crippen molar-refractivity contribution in [3.8, 4) is 0 Å². The molecule has 0 aliphatic rings. The van der Waals surface area contributed by atoms with Gasteiger partial charge in [-0.15, -0.1) is 0 Å². The molecule has 0 saturated heterocycles. The molecule has 3 N–H and O–H groups in total. The minimum atomic E-state index is -0.605. The van der Waals surface area contributed by atoms with Crippen molar-refractivity contribution in [3.63, 3.8) is 0 Å². The molecule has 2 aromatic rings. The zero-order valence-electron chi connectivity index (χ0n) is 14.6. The maximum absolute atomic E-state index is 14.0. The second-order valence-electron chi connectivity index (χ2n) is 6.65. The maximum Gasteiger partial charge on any atom is 0.412 e. The molecular formula is C19H23FN2O3. The number of benzene rings is 2. The van der Waals surface area contributed by atoms with Crippen molar-refractivity contribution in [3.05, 3.63) is 59.4 Å². The van der Waals surface area contributed by atoms with Crippen LogP contribution in [-0.4, -0.2) is 16.8 Å². The highest BCUT2D eigenvalue weighted by molar-refractivity contribution is 5.85. The van der Waals surface area contributed by atoms with Gasteiger partial charge in [-0.05, 0) is 50.1 Å². The van der Waals surface area contributed by atoms with Crippen molar-refractivity contribution in [2.45, 2.75) is 39.5 Å². The predicted octanol–water partition coefficient (Wildman–Crippen LogP) is 4.28. The van der Waals surface area contributed by atoms with E-state index in [4.69, 9.17) is 9.84 Å². The third-order valence-corrected chi connectivity index (χ3v) is 3.30. The number of aliphatic hydroxyl groups excluding tert-OH is 1. The van der Waals surface area contributed by atoms with Gasteiger partial charge in [-0.3, -0.25) is 5.32 Å². The highest BCUT2D eigenvalue weighted by Crippen LogP contribution is 2.21. The molecule has 0 aliphatic carbocycles. The Morgan fingerprint density at radius 2 is 1.76 bits per heavy atom. The van der Waals surface area contributed by atoms with Crippen molar-refractivity contribution < 1.29 is 19.0 Å². The summed E-state index contributed by atoms with van der Waals surface area (Å²) in [6.07, 6.45) is -0.593. The molecule has 2 aromatic carbocycles. The summed E-state index contributed by atoms with van der Waals surface area (Å²) in [5, 5.41) is 14.6. The number of anilines is 2. The molecule has 0 bridgehead atoms. The van der Waals surface area contributed by atoms with E-state index in [0.717, 1.165) is 11.1 Å². The molecule has 0 atom stereocenters. The van der Waals surface area contributed by atoms with E-state index in [1.54, 1.807) is 20.8 Å². The van der Waals surface area contributed by atoms with Gasteiger partial charge in [0.05, 0.1) is 12.3 Å². The van der Waals surface area contributed by atoms with E-state index in [-0.39, 0.29) is 12.3 Å². The fourth-order valence-electron chi connectivity index (χ4n) is 2.12. The van der Waals surface area contributed by atoms with Gasteiger partial charge in [-0.2, -0.15) is 0 Å². The number of aliphatic hydroxyl groups is 1. The van der Waals surface area contributed by atoms with E-state index >= 15 is 0 Å². The van der Waals surface area contributed by atoms with E-state index in [2.05, 4.69) is 10.6 Å². The molecule has 0 spiro atoms. The second kappa shape index (κ2) is 7.98.